The maximum atomic E-state index is 5.69. The summed E-state index contributed by atoms with van der Waals surface area (Å²) in [5.41, 5.74) is 1.40. The van der Waals surface area contributed by atoms with Gasteiger partial charge in [0.25, 0.3) is 0 Å². The minimum atomic E-state index is 0.500. The molecule has 86 valence electrons. The highest BCUT2D eigenvalue weighted by atomic mass is 16.6. The molecule has 0 N–H and O–H groups in total. The Morgan fingerprint density at radius 3 is 2.75 bits per heavy atom. The first kappa shape index (κ1) is 10.3. The van der Waals surface area contributed by atoms with Gasteiger partial charge in [0.2, 0.25) is 0 Å². The van der Waals surface area contributed by atoms with Crippen LogP contribution in [0.3, 0.4) is 0 Å². The van der Waals surface area contributed by atoms with E-state index in [1.807, 2.05) is 0 Å². The zero-order valence-corrected chi connectivity index (χ0v) is 9.97. The van der Waals surface area contributed by atoms with Crippen molar-refractivity contribution in [2.24, 2.45) is 0 Å². The van der Waals surface area contributed by atoms with Crippen molar-refractivity contribution in [3.63, 3.8) is 0 Å². The van der Waals surface area contributed by atoms with Gasteiger partial charge >= 0.3 is 0 Å². The van der Waals surface area contributed by atoms with E-state index in [4.69, 9.17) is 4.74 Å². The average molecular weight is 217 g/mol. The molecule has 2 aliphatic heterocycles. The molecule has 4 atom stereocenters. The zero-order valence-electron chi connectivity index (χ0n) is 9.97. The number of rotatable bonds is 2. The molecule has 2 fully saturated rings. The maximum Gasteiger partial charge on any atom is 0.0994 e. The molecule has 0 aromatic heterocycles. The molecule has 0 aliphatic carbocycles. The van der Waals surface area contributed by atoms with Crippen LogP contribution in [0, 0.1) is 0 Å². The molecule has 0 spiro atoms. The number of nitrogens with zero attached hydrogens (tertiary/aromatic N) is 1. The summed E-state index contributed by atoms with van der Waals surface area (Å²) >= 11 is 0. The number of ether oxygens (including phenoxy) is 1. The van der Waals surface area contributed by atoms with E-state index < -0.39 is 0 Å². The number of piperidine rings is 1. The number of epoxide rings is 1. The second-order valence-electron chi connectivity index (χ2n) is 5.12. The Kier molecular flexibility index (Phi) is 2.49. The molecule has 2 saturated heterocycles. The Labute approximate surface area is 97.2 Å². The molecular formula is C14H19NO. The summed E-state index contributed by atoms with van der Waals surface area (Å²) in [5.74, 6) is 0. The van der Waals surface area contributed by atoms with Gasteiger partial charge in [-0.3, -0.25) is 4.90 Å². The predicted octanol–water partition coefficient (Wildman–Crippen LogP) is 2.44. The van der Waals surface area contributed by atoms with E-state index in [-0.39, 0.29) is 0 Å². The highest BCUT2D eigenvalue weighted by molar-refractivity contribution is 5.15. The molecule has 0 amide bonds. The van der Waals surface area contributed by atoms with Crippen LogP contribution < -0.4 is 0 Å². The number of likely N-dealkylation sites (tertiary alicyclic amines) is 1. The largest absolute Gasteiger partial charge is 0.368 e. The molecule has 1 aromatic rings. The van der Waals surface area contributed by atoms with Crippen molar-refractivity contribution in [3.05, 3.63) is 35.9 Å². The van der Waals surface area contributed by atoms with Crippen LogP contribution in [0.1, 0.15) is 25.8 Å². The van der Waals surface area contributed by atoms with Gasteiger partial charge in [-0.15, -0.1) is 0 Å². The van der Waals surface area contributed by atoms with Crippen LogP contribution in [0.4, 0.5) is 0 Å². The van der Waals surface area contributed by atoms with Crippen molar-refractivity contribution >= 4 is 0 Å². The first-order chi connectivity index (χ1) is 7.75. The van der Waals surface area contributed by atoms with Crippen LogP contribution in [0.15, 0.2) is 30.3 Å². The van der Waals surface area contributed by atoms with Crippen LogP contribution in [0.25, 0.3) is 0 Å². The Balaban J connectivity index is 1.73. The van der Waals surface area contributed by atoms with E-state index in [0.717, 1.165) is 6.54 Å². The SMILES string of the molecule is C[C@@H]1C[C@@H]2O[C@H]2[C@H](C)N1Cc1ccccc1. The van der Waals surface area contributed by atoms with Gasteiger partial charge in [0.1, 0.15) is 0 Å². The third-order valence-electron chi connectivity index (χ3n) is 3.97. The third-order valence-corrected chi connectivity index (χ3v) is 3.97. The lowest BCUT2D eigenvalue weighted by molar-refractivity contribution is 0.110. The lowest BCUT2D eigenvalue weighted by atomic mass is 9.97. The van der Waals surface area contributed by atoms with Gasteiger partial charge in [-0.2, -0.15) is 0 Å². The topological polar surface area (TPSA) is 15.8 Å². The van der Waals surface area contributed by atoms with E-state index in [1.165, 1.54) is 12.0 Å². The van der Waals surface area contributed by atoms with E-state index in [9.17, 15) is 0 Å². The molecule has 16 heavy (non-hydrogen) atoms. The first-order valence-electron chi connectivity index (χ1n) is 6.21. The van der Waals surface area contributed by atoms with Crippen molar-refractivity contribution < 1.29 is 4.74 Å². The molecule has 0 saturated carbocycles. The average Bonchev–Trinajstić information content (AvgIpc) is 3.05. The van der Waals surface area contributed by atoms with Crippen molar-refractivity contribution in [2.45, 2.75) is 51.1 Å². The summed E-state index contributed by atoms with van der Waals surface area (Å²) in [5, 5.41) is 0. The van der Waals surface area contributed by atoms with Crippen LogP contribution >= 0.6 is 0 Å². The van der Waals surface area contributed by atoms with Crippen LogP contribution in [-0.2, 0) is 11.3 Å². The second kappa shape index (κ2) is 3.86. The molecule has 1 aromatic carbocycles. The molecule has 0 unspecified atom stereocenters. The van der Waals surface area contributed by atoms with Crippen molar-refractivity contribution in [3.8, 4) is 0 Å². The highest BCUT2D eigenvalue weighted by Crippen LogP contribution is 2.39. The highest BCUT2D eigenvalue weighted by Gasteiger charge is 2.50. The summed E-state index contributed by atoms with van der Waals surface area (Å²) in [6.07, 6.45) is 2.25. The van der Waals surface area contributed by atoms with E-state index in [2.05, 4.69) is 49.1 Å². The number of fused-ring (bicyclic) bond motifs is 1. The molecule has 0 bridgehead atoms. The fourth-order valence-electron chi connectivity index (χ4n) is 2.93. The minimum Gasteiger partial charge on any atom is -0.368 e. The molecule has 2 heterocycles. The lowest BCUT2D eigenvalue weighted by Crippen LogP contribution is -2.47. The van der Waals surface area contributed by atoms with E-state index >= 15 is 0 Å². The first-order valence-corrected chi connectivity index (χ1v) is 6.21. The fourth-order valence-corrected chi connectivity index (χ4v) is 2.93. The van der Waals surface area contributed by atoms with Crippen LogP contribution in [-0.4, -0.2) is 29.2 Å². The summed E-state index contributed by atoms with van der Waals surface area (Å²) in [6.45, 7) is 5.66. The van der Waals surface area contributed by atoms with Gasteiger partial charge in [0.05, 0.1) is 12.2 Å². The number of hydrogen-bond acceptors (Lipinski definition) is 2. The molecule has 3 rings (SSSR count). The number of benzene rings is 1. The van der Waals surface area contributed by atoms with Crippen molar-refractivity contribution in [1.29, 1.82) is 0 Å². The molecule has 0 radical (unpaired) electrons. The van der Waals surface area contributed by atoms with Crippen molar-refractivity contribution in [2.75, 3.05) is 0 Å². The molecule has 2 aliphatic rings. The van der Waals surface area contributed by atoms with Gasteiger partial charge in [0.15, 0.2) is 0 Å². The van der Waals surface area contributed by atoms with Gasteiger partial charge < -0.3 is 4.74 Å². The van der Waals surface area contributed by atoms with Gasteiger partial charge in [-0.25, -0.2) is 0 Å². The molecule has 2 heteroatoms. The molecular weight excluding hydrogens is 198 g/mol. The minimum absolute atomic E-state index is 0.500. The lowest BCUT2D eigenvalue weighted by Gasteiger charge is -2.36. The summed E-state index contributed by atoms with van der Waals surface area (Å²) in [7, 11) is 0. The summed E-state index contributed by atoms with van der Waals surface area (Å²) < 4.78 is 5.69. The summed E-state index contributed by atoms with van der Waals surface area (Å²) in [6, 6.07) is 11.9. The van der Waals surface area contributed by atoms with Crippen LogP contribution in [0.2, 0.25) is 0 Å². The van der Waals surface area contributed by atoms with Crippen molar-refractivity contribution in [1.82, 2.24) is 4.90 Å². The Hall–Kier alpha value is -0.860. The third kappa shape index (κ3) is 1.76. The second-order valence-corrected chi connectivity index (χ2v) is 5.12. The summed E-state index contributed by atoms with van der Waals surface area (Å²) in [4.78, 5) is 2.57. The number of hydrogen-bond donors (Lipinski definition) is 0. The van der Waals surface area contributed by atoms with E-state index in [0.29, 0.717) is 24.3 Å². The predicted molar refractivity (Wildman–Crippen MR) is 64.2 cm³/mol. The normalized spacial score (nSPS) is 38.1. The zero-order chi connectivity index (χ0) is 11.1. The van der Waals surface area contributed by atoms with Gasteiger partial charge in [-0.05, 0) is 25.8 Å². The monoisotopic (exact) mass is 217 g/mol. The molecule has 2 nitrogen and oxygen atoms in total. The van der Waals surface area contributed by atoms with Gasteiger partial charge in [0, 0.05) is 18.6 Å². The fraction of sp³-hybridized carbons (Fsp3) is 0.571. The quantitative estimate of drug-likeness (QED) is 0.707. The Bertz CT molecular complexity index is 364. The van der Waals surface area contributed by atoms with E-state index in [1.54, 1.807) is 0 Å². The Morgan fingerprint density at radius 1 is 1.25 bits per heavy atom. The Morgan fingerprint density at radius 2 is 2.00 bits per heavy atom. The maximum absolute atomic E-state index is 5.69. The standard InChI is InChI=1S/C14H19NO/c1-10-8-13-14(16-13)11(2)15(10)9-12-6-4-3-5-7-12/h3-7,10-11,13-14H,8-9H2,1-2H3/t10-,11+,13+,14+/m1/s1. The van der Waals surface area contributed by atoms with Gasteiger partial charge in [-0.1, -0.05) is 30.3 Å². The van der Waals surface area contributed by atoms with Crippen LogP contribution in [0.5, 0.6) is 0 Å². The smallest absolute Gasteiger partial charge is 0.0994 e.